The van der Waals surface area contributed by atoms with Crippen molar-refractivity contribution in [3.05, 3.63) is 0 Å². The first-order valence-electron chi connectivity index (χ1n) is 4.59. The molecule has 82 valence electrons. The van der Waals surface area contributed by atoms with Crippen molar-refractivity contribution in [1.82, 2.24) is 5.32 Å². The molecule has 0 bridgehead atoms. The van der Waals surface area contributed by atoms with Crippen molar-refractivity contribution in [2.24, 2.45) is 16.5 Å². The summed E-state index contributed by atoms with van der Waals surface area (Å²) in [5.74, 6) is -0.795. The van der Waals surface area contributed by atoms with Gasteiger partial charge in [0.15, 0.2) is 5.96 Å². The highest BCUT2D eigenvalue weighted by atomic mass is 16.4. The second-order valence-corrected chi connectivity index (χ2v) is 2.90. The van der Waals surface area contributed by atoms with Crippen LogP contribution in [0.1, 0.15) is 19.8 Å². The number of carboxylic acid groups (broad SMARTS) is 1. The van der Waals surface area contributed by atoms with Crippen molar-refractivity contribution >= 4 is 11.9 Å². The number of nitrogens with zero attached hydrogens (tertiary/aromatic N) is 1. The number of carboxylic acids is 1. The molecule has 0 heterocycles. The maximum Gasteiger partial charge on any atom is 0.320 e. The highest BCUT2D eigenvalue weighted by Crippen LogP contribution is 1.97. The summed E-state index contributed by atoms with van der Waals surface area (Å²) < 4.78 is 0. The molecule has 0 aromatic carbocycles. The molecule has 14 heavy (non-hydrogen) atoms. The average Bonchev–Trinajstić information content (AvgIpc) is 2.09. The van der Waals surface area contributed by atoms with Crippen LogP contribution in [-0.4, -0.2) is 36.2 Å². The van der Waals surface area contributed by atoms with Gasteiger partial charge in [0.1, 0.15) is 6.04 Å². The molecule has 0 rings (SSSR count). The molecule has 6 nitrogen and oxygen atoms in total. The van der Waals surface area contributed by atoms with Gasteiger partial charge in [-0.15, -0.1) is 0 Å². The van der Waals surface area contributed by atoms with Crippen LogP contribution >= 0.6 is 0 Å². The molecule has 0 aromatic rings. The highest BCUT2D eigenvalue weighted by molar-refractivity contribution is 5.75. The minimum Gasteiger partial charge on any atom is -0.480 e. The molecule has 6 heteroatoms. The first kappa shape index (κ1) is 12.7. The van der Waals surface area contributed by atoms with Gasteiger partial charge in [-0.2, -0.15) is 0 Å². The van der Waals surface area contributed by atoms with Crippen LogP contribution in [0.25, 0.3) is 0 Å². The Labute approximate surface area is 83.4 Å². The van der Waals surface area contributed by atoms with Gasteiger partial charge in [0.05, 0.1) is 0 Å². The van der Waals surface area contributed by atoms with E-state index < -0.39 is 12.0 Å². The Hall–Kier alpha value is -1.30. The third kappa shape index (κ3) is 6.24. The van der Waals surface area contributed by atoms with Crippen LogP contribution < -0.4 is 16.8 Å². The fourth-order valence-electron chi connectivity index (χ4n) is 1.06. The highest BCUT2D eigenvalue weighted by Gasteiger charge is 2.14. The van der Waals surface area contributed by atoms with Crippen molar-refractivity contribution in [2.75, 3.05) is 13.1 Å². The summed E-state index contributed by atoms with van der Waals surface area (Å²) in [6.45, 7) is 2.97. The summed E-state index contributed by atoms with van der Waals surface area (Å²) in [5, 5.41) is 11.6. The van der Waals surface area contributed by atoms with E-state index in [1.165, 1.54) is 0 Å². The molecule has 0 spiro atoms. The van der Waals surface area contributed by atoms with Gasteiger partial charge in [0.25, 0.3) is 0 Å². The van der Waals surface area contributed by atoms with Gasteiger partial charge in [-0.25, -0.2) is 0 Å². The lowest BCUT2D eigenvalue weighted by molar-refractivity contribution is -0.139. The minimum atomic E-state index is -0.837. The van der Waals surface area contributed by atoms with E-state index in [-0.39, 0.29) is 5.96 Å². The number of rotatable bonds is 7. The lowest BCUT2D eigenvalue weighted by Crippen LogP contribution is -2.36. The zero-order chi connectivity index (χ0) is 11.0. The largest absolute Gasteiger partial charge is 0.480 e. The number of likely N-dealkylation sites (N-methyl/N-ethyl adjacent to an activating group) is 1. The lowest BCUT2D eigenvalue weighted by Gasteiger charge is -2.11. The molecular formula is C8H18N4O2. The summed E-state index contributed by atoms with van der Waals surface area (Å²) in [6, 6.07) is -0.505. The normalized spacial score (nSPS) is 12.1. The van der Waals surface area contributed by atoms with E-state index in [0.717, 1.165) is 0 Å². The van der Waals surface area contributed by atoms with Crippen molar-refractivity contribution in [1.29, 1.82) is 0 Å². The number of aliphatic imine (C=N–C) groups is 1. The van der Waals surface area contributed by atoms with Crippen LogP contribution in [0.3, 0.4) is 0 Å². The van der Waals surface area contributed by atoms with E-state index in [4.69, 9.17) is 16.6 Å². The van der Waals surface area contributed by atoms with Gasteiger partial charge in [-0.05, 0) is 19.4 Å². The van der Waals surface area contributed by atoms with Crippen molar-refractivity contribution in [3.63, 3.8) is 0 Å². The number of hydrogen-bond acceptors (Lipinski definition) is 3. The van der Waals surface area contributed by atoms with Crippen molar-refractivity contribution in [3.8, 4) is 0 Å². The SMILES string of the molecule is CCNC(CCCN=C(N)N)C(=O)O. The maximum absolute atomic E-state index is 10.7. The van der Waals surface area contributed by atoms with Gasteiger partial charge >= 0.3 is 5.97 Å². The standard InChI is InChI=1S/C8H18N4O2/c1-2-11-6(7(13)14)4-3-5-12-8(9)10/h6,11H,2-5H2,1H3,(H,13,14)(H4,9,10,12). The minimum absolute atomic E-state index is 0.0420. The molecule has 6 N–H and O–H groups in total. The Morgan fingerprint density at radius 3 is 2.64 bits per heavy atom. The van der Waals surface area contributed by atoms with Crippen LogP contribution in [-0.2, 0) is 4.79 Å². The molecule has 1 unspecified atom stereocenters. The van der Waals surface area contributed by atoms with Crippen LogP contribution in [0.15, 0.2) is 4.99 Å². The molecule has 0 aromatic heterocycles. The summed E-state index contributed by atoms with van der Waals surface area (Å²) >= 11 is 0. The summed E-state index contributed by atoms with van der Waals surface area (Å²) in [7, 11) is 0. The number of aliphatic carboxylic acids is 1. The smallest absolute Gasteiger partial charge is 0.320 e. The Bertz CT molecular complexity index is 202. The number of nitrogens with two attached hydrogens (primary N) is 2. The number of nitrogens with one attached hydrogen (secondary N) is 1. The van der Waals surface area contributed by atoms with E-state index in [1.54, 1.807) is 0 Å². The quantitative estimate of drug-likeness (QED) is 0.243. The van der Waals surface area contributed by atoms with Crippen LogP contribution in [0.2, 0.25) is 0 Å². The Balaban J connectivity index is 3.72. The zero-order valence-electron chi connectivity index (χ0n) is 8.36. The van der Waals surface area contributed by atoms with Crippen molar-refractivity contribution < 1.29 is 9.90 Å². The number of hydrogen-bond donors (Lipinski definition) is 4. The first-order chi connectivity index (χ1) is 6.57. The Morgan fingerprint density at radius 2 is 2.21 bits per heavy atom. The van der Waals surface area contributed by atoms with Crippen LogP contribution in [0, 0.1) is 0 Å². The third-order valence-electron chi connectivity index (χ3n) is 1.69. The Morgan fingerprint density at radius 1 is 1.57 bits per heavy atom. The molecule has 1 atom stereocenters. The van der Waals surface area contributed by atoms with E-state index in [2.05, 4.69) is 10.3 Å². The molecule has 0 fully saturated rings. The van der Waals surface area contributed by atoms with E-state index in [0.29, 0.717) is 25.9 Å². The predicted octanol–water partition coefficient (Wildman–Crippen LogP) is -0.897. The molecular weight excluding hydrogens is 184 g/mol. The molecule has 0 aliphatic carbocycles. The molecule has 0 aliphatic heterocycles. The van der Waals surface area contributed by atoms with Gasteiger partial charge < -0.3 is 21.9 Å². The predicted molar refractivity (Wildman–Crippen MR) is 55.0 cm³/mol. The maximum atomic E-state index is 10.7. The van der Waals surface area contributed by atoms with Crippen LogP contribution in [0.5, 0.6) is 0 Å². The lowest BCUT2D eigenvalue weighted by atomic mass is 10.1. The van der Waals surface area contributed by atoms with E-state index in [1.807, 2.05) is 6.92 Å². The fourth-order valence-corrected chi connectivity index (χ4v) is 1.06. The monoisotopic (exact) mass is 202 g/mol. The first-order valence-corrected chi connectivity index (χ1v) is 4.59. The second-order valence-electron chi connectivity index (χ2n) is 2.90. The van der Waals surface area contributed by atoms with Gasteiger partial charge in [-0.1, -0.05) is 6.92 Å². The zero-order valence-corrected chi connectivity index (χ0v) is 8.36. The molecule has 0 saturated carbocycles. The third-order valence-corrected chi connectivity index (χ3v) is 1.69. The molecule has 0 radical (unpaired) electrons. The summed E-state index contributed by atoms with van der Waals surface area (Å²) in [4.78, 5) is 14.4. The second kappa shape index (κ2) is 7.14. The topological polar surface area (TPSA) is 114 Å². The summed E-state index contributed by atoms with van der Waals surface area (Å²) in [5.41, 5.74) is 10.2. The number of guanidine groups is 1. The fraction of sp³-hybridized carbons (Fsp3) is 0.750. The van der Waals surface area contributed by atoms with Crippen LogP contribution in [0.4, 0.5) is 0 Å². The molecule has 0 saturated heterocycles. The molecule has 0 aliphatic rings. The molecule has 0 amide bonds. The summed E-state index contributed by atoms with van der Waals surface area (Å²) in [6.07, 6.45) is 1.18. The van der Waals surface area contributed by atoms with Gasteiger partial charge in [0, 0.05) is 6.54 Å². The van der Waals surface area contributed by atoms with Gasteiger partial charge in [-0.3, -0.25) is 9.79 Å². The Kier molecular flexibility index (Phi) is 6.47. The van der Waals surface area contributed by atoms with E-state index in [9.17, 15) is 4.79 Å². The average molecular weight is 202 g/mol. The van der Waals surface area contributed by atoms with E-state index >= 15 is 0 Å². The van der Waals surface area contributed by atoms with Crippen molar-refractivity contribution in [2.45, 2.75) is 25.8 Å². The number of carbonyl (C=O) groups is 1. The van der Waals surface area contributed by atoms with Gasteiger partial charge in [0.2, 0.25) is 0 Å².